The molecule has 0 unspecified atom stereocenters. The van der Waals surface area contributed by atoms with Gasteiger partial charge < -0.3 is 16.0 Å². The number of hydrogen-bond acceptors (Lipinski definition) is 3. The summed E-state index contributed by atoms with van der Waals surface area (Å²) in [6.07, 6.45) is 0.591. The second-order valence-corrected chi connectivity index (χ2v) is 5.25. The van der Waals surface area contributed by atoms with E-state index in [0.717, 1.165) is 11.4 Å². The zero-order chi connectivity index (χ0) is 13.6. The minimum atomic E-state index is -0.643. The van der Waals surface area contributed by atoms with Gasteiger partial charge in [0.1, 0.15) is 11.6 Å². The number of halogens is 3. The molecule has 0 radical (unpaired) electrons. The Morgan fingerprint density at radius 2 is 2.21 bits per heavy atom. The lowest BCUT2D eigenvalue weighted by molar-refractivity contribution is 0.393. The second-order valence-electron chi connectivity index (χ2n) is 4.84. The summed E-state index contributed by atoms with van der Waals surface area (Å²) < 4.78 is 27.9. The van der Waals surface area contributed by atoms with Gasteiger partial charge in [0, 0.05) is 36.0 Å². The number of allylic oxidation sites excluding steroid dienone is 1. The van der Waals surface area contributed by atoms with Crippen LogP contribution in [0, 0.1) is 11.6 Å². The van der Waals surface area contributed by atoms with Crippen LogP contribution in [0.25, 0.3) is 0 Å². The van der Waals surface area contributed by atoms with E-state index >= 15 is 0 Å². The summed E-state index contributed by atoms with van der Waals surface area (Å²) in [6, 6.07) is 2.47. The van der Waals surface area contributed by atoms with E-state index in [2.05, 4.69) is 10.2 Å². The Morgan fingerprint density at radius 3 is 2.95 bits per heavy atom. The monoisotopic (exact) mass is 285 g/mol. The van der Waals surface area contributed by atoms with Crippen LogP contribution in [0.15, 0.2) is 23.5 Å². The molecule has 1 aromatic carbocycles. The van der Waals surface area contributed by atoms with Gasteiger partial charge in [-0.15, -0.1) is 0 Å². The molecule has 3 rings (SSSR count). The minimum absolute atomic E-state index is 0.0328. The van der Waals surface area contributed by atoms with Gasteiger partial charge >= 0.3 is 0 Å². The molecule has 102 valence electrons. The molecule has 0 aromatic heterocycles. The van der Waals surface area contributed by atoms with E-state index in [0.29, 0.717) is 26.2 Å². The van der Waals surface area contributed by atoms with Crippen molar-refractivity contribution in [2.45, 2.75) is 12.3 Å². The highest BCUT2D eigenvalue weighted by atomic mass is 35.5. The molecule has 1 atom stereocenters. The lowest BCUT2D eigenvalue weighted by atomic mass is 9.96. The van der Waals surface area contributed by atoms with Crippen molar-refractivity contribution in [1.29, 1.82) is 0 Å². The van der Waals surface area contributed by atoms with Crippen LogP contribution in [0.4, 0.5) is 8.78 Å². The standard InChI is InChI=1S/C13H14ClF2N3/c14-8-1-2-9(15)12(13(8)16)7-3-11-10(4-17)18-6-19(11)5-7/h1-2,7,18H,3-6,17H2/t7-/m1/s1. The van der Waals surface area contributed by atoms with Crippen molar-refractivity contribution in [3.05, 3.63) is 45.7 Å². The van der Waals surface area contributed by atoms with Gasteiger partial charge in [0.15, 0.2) is 0 Å². The lowest BCUT2D eigenvalue weighted by Crippen LogP contribution is -2.24. The molecule has 3 N–H and O–H groups in total. The Morgan fingerprint density at radius 1 is 1.42 bits per heavy atom. The first-order valence-electron chi connectivity index (χ1n) is 6.16. The van der Waals surface area contributed by atoms with E-state index < -0.39 is 11.6 Å². The molecular weight excluding hydrogens is 272 g/mol. The highest BCUT2D eigenvalue weighted by molar-refractivity contribution is 6.30. The topological polar surface area (TPSA) is 41.3 Å². The van der Waals surface area contributed by atoms with Crippen LogP contribution in [0.3, 0.4) is 0 Å². The Bertz CT molecular complexity index is 559. The molecule has 0 saturated carbocycles. The molecule has 19 heavy (non-hydrogen) atoms. The summed E-state index contributed by atoms with van der Waals surface area (Å²) in [6.45, 7) is 1.65. The van der Waals surface area contributed by atoms with Crippen molar-refractivity contribution in [2.24, 2.45) is 5.73 Å². The summed E-state index contributed by atoms with van der Waals surface area (Å²) in [4.78, 5) is 2.08. The maximum absolute atomic E-state index is 14.0. The number of nitrogens with one attached hydrogen (secondary N) is 1. The zero-order valence-electron chi connectivity index (χ0n) is 10.2. The molecule has 0 spiro atoms. The van der Waals surface area contributed by atoms with Gasteiger partial charge in [-0.3, -0.25) is 0 Å². The fraction of sp³-hybridized carbons (Fsp3) is 0.385. The van der Waals surface area contributed by atoms with E-state index in [9.17, 15) is 8.78 Å². The van der Waals surface area contributed by atoms with E-state index in [1.807, 2.05) is 0 Å². The molecule has 0 aliphatic carbocycles. The summed E-state index contributed by atoms with van der Waals surface area (Å²) >= 11 is 5.74. The average molecular weight is 286 g/mol. The number of nitrogens with two attached hydrogens (primary N) is 1. The van der Waals surface area contributed by atoms with Crippen LogP contribution in [0.2, 0.25) is 5.02 Å². The third-order valence-corrected chi connectivity index (χ3v) is 4.08. The number of rotatable bonds is 2. The maximum Gasteiger partial charge on any atom is 0.148 e. The number of nitrogens with zero attached hydrogens (tertiary/aromatic N) is 1. The molecule has 1 saturated heterocycles. The van der Waals surface area contributed by atoms with Gasteiger partial charge in [0.2, 0.25) is 0 Å². The Hall–Kier alpha value is -1.33. The molecule has 0 amide bonds. The van der Waals surface area contributed by atoms with Gasteiger partial charge in [-0.1, -0.05) is 11.6 Å². The smallest absolute Gasteiger partial charge is 0.148 e. The van der Waals surface area contributed by atoms with E-state index in [-0.39, 0.29) is 16.5 Å². The SMILES string of the molecule is NCC1=C2C[C@@H](c3c(F)ccc(Cl)c3F)CN2CN1. The van der Waals surface area contributed by atoms with Crippen LogP contribution < -0.4 is 11.1 Å². The van der Waals surface area contributed by atoms with Gasteiger partial charge in [-0.2, -0.15) is 0 Å². The Kier molecular flexibility index (Phi) is 3.11. The van der Waals surface area contributed by atoms with E-state index in [1.165, 1.54) is 12.1 Å². The highest BCUT2D eigenvalue weighted by Gasteiger charge is 2.36. The number of fused-ring (bicyclic) bond motifs is 1. The van der Waals surface area contributed by atoms with E-state index in [4.69, 9.17) is 17.3 Å². The van der Waals surface area contributed by atoms with Crippen molar-refractivity contribution in [2.75, 3.05) is 19.8 Å². The molecule has 3 nitrogen and oxygen atoms in total. The molecule has 2 aliphatic rings. The maximum atomic E-state index is 14.0. The predicted molar refractivity (Wildman–Crippen MR) is 69.5 cm³/mol. The Balaban J connectivity index is 1.96. The van der Waals surface area contributed by atoms with Crippen molar-refractivity contribution >= 4 is 11.6 Å². The van der Waals surface area contributed by atoms with Crippen LogP contribution >= 0.6 is 11.6 Å². The van der Waals surface area contributed by atoms with Crippen LogP contribution in [-0.2, 0) is 0 Å². The molecule has 1 fully saturated rings. The minimum Gasteiger partial charge on any atom is -0.369 e. The molecule has 1 aromatic rings. The molecule has 2 aliphatic heterocycles. The fourth-order valence-corrected chi connectivity index (χ4v) is 3.04. The van der Waals surface area contributed by atoms with Gasteiger partial charge in [0.05, 0.1) is 11.7 Å². The van der Waals surface area contributed by atoms with Gasteiger partial charge in [-0.05, 0) is 18.6 Å². The molecule has 0 bridgehead atoms. The summed E-state index contributed by atoms with van der Waals surface area (Å²) in [5, 5.41) is 3.16. The average Bonchev–Trinajstić information content (AvgIpc) is 2.94. The third-order valence-electron chi connectivity index (χ3n) is 3.79. The Labute approximate surface area is 115 Å². The van der Waals surface area contributed by atoms with Crippen LogP contribution in [0.1, 0.15) is 17.9 Å². The lowest BCUT2D eigenvalue weighted by Gasteiger charge is -2.15. The first-order chi connectivity index (χ1) is 9.11. The molecule has 2 heterocycles. The summed E-state index contributed by atoms with van der Waals surface area (Å²) in [5.41, 5.74) is 7.75. The molecule has 6 heteroatoms. The summed E-state index contributed by atoms with van der Waals surface area (Å²) in [7, 11) is 0. The van der Waals surface area contributed by atoms with Crippen molar-refractivity contribution in [3.63, 3.8) is 0 Å². The van der Waals surface area contributed by atoms with Gasteiger partial charge in [-0.25, -0.2) is 8.78 Å². The second kappa shape index (κ2) is 4.65. The number of benzene rings is 1. The third kappa shape index (κ3) is 1.97. The summed E-state index contributed by atoms with van der Waals surface area (Å²) in [5.74, 6) is -1.39. The van der Waals surface area contributed by atoms with Crippen LogP contribution in [-0.4, -0.2) is 24.7 Å². The largest absolute Gasteiger partial charge is 0.369 e. The highest BCUT2D eigenvalue weighted by Crippen LogP contribution is 2.40. The van der Waals surface area contributed by atoms with Crippen molar-refractivity contribution in [3.8, 4) is 0 Å². The zero-order valence-corrected chi connectivity index (χ0v) is 11.0. The van der Waals surface area contributed by atoms with Crippen LogP contribution in [0.5, 0.6) is 0 Å². The first kappa shape index (κ1) is 12.7. The first-order valence-corrected chi connectivity index (χ1v) is 6.54. The van der Waals surface area contributed by atoms with Gasteiger partial charge in [0.25, 0.3) is 0 Å². The molecular formula is C13H14ClF2N3. The fourth-order valence-electron chi connectivity index (χ4n) is 2.87. The van der Waals surface area contributed by atoms with Crippen molar-refractivity contribution < 1.29 is 8.78 Å². The predicted octanol–water partition coefficient (Wildman–Crippen LogP) is 2.14. The van der Waals surface area contributed by atoms with E-state index in [1.54, 1.807) is 0 Å². The normalized spacial score (nSPS) is 21.9. The quantitative estimate of drug-likeness (QED) is 0.818. The van der Waals surface area contributed by atoms with Crippen molar-refractivity contribution in [1.82, 2.24) is 10.2 Å². The number of hydrogen-bond donors (Lipinski definition) is 2.